The van der Waals surface area contributed by atoms with Gasteiger partial charge in [0.25, 0.3) is 0 Å². The van der Waals surface area contributed by atoms with Gasteiger partial charge < -0.3 is 10.2 Å². The summed E-state index contributed by atoms with van der Waals surface area (Å²) < 4.78 is 26.3. The standard InChI is InChI=1S/C25H33Cl2N3O4S/c1-5-7-14-28-25(32)21(6-2)29(16-19-11-8-10-18(3)15-19)23(31)17-30(35(4,33)34)22-13-9-12-20(26)24(22)27/h8-13,15,21H,5-7,14,16-17H2,1-4H3,(H,28,32). The quantitative estimate of drug-likeness (QED) is 0.391. The Morgan fingerprint density at radius 2 is 1.77 bits per heavy atom. The molecule has 2 aromatic carbocycles. The monoisotopic (exact) mass is 541 g/mol. The van der Waals surface area contributed by atoms with Crippen molar-refractivity contribution in [1.82, 2.24) is 10.2 Å². The second-order valence-electron chi connectivity index (χ2n) is 8.42. The van der Waals surface area contributed by atoms with E-state index in [0.717, 1.165) is 34.5 Å². The van der Waals surface area contributed by atoms with Crippen molar-refractivity contribution < 1.29 is 18.0 Å². The summed E-state index contributed by atoms with van der Waals surface area (Å²) in [6.45, 7) is 5.92. The molecule has 0 radical (unpaired) electrons. The van der Waals surface area contributed by atoms with Gasteiger partial charge in [-0.25, -0.2) is 8.42 Å². The average Bonchev–Trinajstić information content (AvgIpc) is 2.79. The number of amides is 2. The number of rotatable bonds is 12. The first kappa shape index (κ1) is 28.9. The fraction of sp³-hybridized carbons (Fsp3) is 0.440. The van der Waals surface area contributed by atoms with E-state index in [0.29, 0.717) is 13.0 Å². The Labute approximate surface area is 218 Å². The van der Waals surface area contributed by atoms with Crippen molar-refractivity contribution >= 4 is 50.7 Å². The first-order valence-electron chi connectivity index (χ1n) is 11.5. The van der Waals surface area contributed by atoms with Crippen LogP contribution in [0.15, 0.2) is 42.5 Å². The van der Waals surface area contributed by atoms with Gasteiger partial charge >= 0.3 is 0 Å². The molecule has 0 aliphatic heterocycles. The van der Waals surface area contributed by atoms with Crippen molar-refractivity contribution in [1.29, 1.82) is 0 Å². The molecule has 192 valence electrons. The van der Waals surface area contributed by atoms with E-state index in [1.807, 2.05) is 45.0 Å². The fourth-order valence-electron chi connectivity index (χ4n) is 3.71. The Balaban J connectivity index is 2.45. The molecule has 0 fully saturated rings. The largest absolute Gasteiger partial charge is 0.354 e. The molecule has 1 atom stereocenters. The number of unbranched alkanes of at least 4 members (excludes halogenated alkanes) is 1. The Morgan fingerprint density at radius 1 is 1.09 bits per heavy atom. The van der Waals surface area contributed by atoms with Crippen LogP contribution in [-0.4, -0.2) is 50.5 Å². The molecule has 0 saturated carbocycles. The van der Waals surface area contributed by atoms with Crippen LogP contribution in [0.5, 0.6) is 0 Å². The third-order valence-corrected chi connectivity index (χ3v) is 7.47. The molecular weight excluding hydrogens is 509 g/mol. The van der Waals surface area contributed by atoms with Crippen LogP contribution in [0, 0.1) is 6.92 Å². The van der Waals surface area contributed by atoms with Crippen molar-refractivity contribution in [2.24, 2.45) is 0 Å². The number of halogens is 2. The van der Waals surface area contributed by atoms with Crippen LogP contribution in [0.3, 0.4) is 0 Å². The molecule has 35 heavy (non-hydrogen) atoms. The third kappa shape index (κ3) is 8.12. The summed E-state index contributed by atoms with van der Waals surface area (Å²) in [6, 6.07) is 11.4. The molecule has 2 amide bonds. The zero-order valence-electron chi connectivity index (χ0n) is 20.6. The number of nitrogens with zero attached hydrogens (tertiary/aromatic N) is 2. The SMILES string of the molecule is CCCCNC(=O)C(CC)N(Cc1cccc(C)c1)C(=O)CN(c1cccc(Cl)c1Cl)S(C)(=O)=O. The second kappa shape index (κ2) is 13.1. The van der Waals surface area contributed by atoms with E-state index in [-0.39, 0.29) is 28.2 Å². The Morgan fingerprint density at radius 3 is 2.37 bits per heavy atom. The highest BCUT2D eigenvalue weighted by atomic mass is 35.5. The molecule has 1 N–H and O–H groups in total. The van der Waals surface area contributed by atoms with Gasteiger partial charge in [-0.2, -0.15) is 0 Å². The molecule has 0 heterocycles. The van der Waals surface area contributed by atoms with E-state index < -0.39 is 28.5 Å². The summed E-state index contributed by atoms with van der Waals surface area (Å²) in [4.78, 5) is 28.1. The van der Waals surface area contributed by atoms with E-state index in [4.69, 9.17) is 23.2 Å². The van der Waals surface area contributed by atoms with E-state index in [1.54, 1.807) is 6.07 Å². The van der Waals surface area contributed by atoms with Gasteiger partial charge in [-0.1, -0.05) is 79.4 Å². The lowest BCUT2D eigenvalue weighted by molar-refractivity contribution is -0.140. The third-order valence-electron chi connectivity index (χ3n) is 5.53. The predicted octanol–water partition coefficient (Wildman–Crippen LogP) is 4.79. The van der Waals surface area contributed by atoms with Crippen molar-refractivity contribution in [3.05, 3.63) is 63.6 Å². The lowest BCUT2D eigenvalue weighted by atomic mass is 10.1. The normalized spacial score (nSPS) is 12.2. The minimum Gasteiger partial charge on any atom is -0.354 e. The number of aryl methyl sites for hydroxylation is 1. The van der Waals surface area contributed by atoms with Crippen LogP contribution < -0.4 is 9.62 Å². The van der Waals surface area contributed by atoms with Crippen LogP contribution in [0.4, 0.5) is 5.69 Å². The highest BCUT2D eigenvalue weighted by Gasteiger charge is 2.32. The minimum absolute atomic E-state index is 0.0296. The summed E-state index contributed by atoms with van der Waals surface area (Å²) in [5.41, 5.74) is 1.95. The molecule has 0 bridgehead atoms. The van der Waals surface area contributed by atoms with Gasteiger partial charge in [0.2, 0.25) is 21.8 Å². The molecule has 0 aliphatic carbocycles. The summed E-state index contributed by atoms with van der Waals surface area (Å²) >= 11 is 12.4. The molecule has 2 rings (SSSR count). The molecule has 0 aromatic heterocycles. The molecule has 10 heteroatoms. The van der Waals surface area contributed by atoms with Crippen LogP contribution in [0.25, 0.3) is 0 Å². The zero-order valence-corrected chi connectivity index (χ0v) is 22.9. The Kier molecular flexibility index (Phi) is 10.9. The Hall–Kier alpha value is -2.29. The molecule has 0 saturated heterocycles. The summed E-state index contributed by atoms with van der Waals surface area (Å²) in [5, 5.41) is 3.10. The Bertz CT molecular complexity index is 1140. The van der Waals surface area contributed by atoms with Crippen molar-refractivity contribution in [2.45, 2.75) is 52.6 Å². The first-order valence-corrected chi connectivity index (χ1v) is 14.1. The van der Waals surface area contributed by atoms with Gasteiger partial charge in [-0.15, -0.1) is 0 Å². The zero-order chi connectivity index (χ0) is 26.2. The van der Waals surface area contributed by atoms with E-state index >= 15 is 0 Å². The predicted molar refractivity (Wildman–Crippen MR) is 142 cm³/mol. The number of carbonyl (C=O) groups excluding carboxylic acids is 2. The van der Waals surface area contributed by atoms with Crippen molar-refractivity contribution in [2.75, 3.05) is 23.7 Å². The van der Waals surface area contributed by atoms with Gasteiger partial charge in [0.05, 0.1) is 22.0 Å². The average molecular weight is 543 g/mol. The van der Waals surface area contributed by atoms with Crippen LogP contribution in [0.2, 0.25) is 10.0 Å². The summed E-state index contributed by atoms with van der Waals surface area (Å²) in [6.07, 6.45) is 3.11. The van der Waals surface area contributed by atoms with Crippen molar-refractivity contribution in [3.63, 3.8) is 0 Å². The number of benzene rings is 2. The van der Waals surface area contributed by atoms with Crippen LogP contribution in [0.1, 0.15) is 44.2 Å². The lowest BCUT2D eigenvalue weighted by Crippen LogP contribution is -2.52. The maximum Gasteiger partial charge on any atom is 0.244 e. The van der Waals surface area contributed by atoms with E-state index in [2.05, 4.69) is 5.32 Å². The number of anilines is 1. The van der Waals surface area contributed by atoms with Gasteiger partial charge in [-0.05, 0) is 37.5 Å². The summed E-state index contributed by atoms with van der Waals surface area (Å²) in [7, 11) is -3.89. The second-order valence-corrected chi connectivity index (χ2v) is 11.1. The summed E-state index contributed by atoms with van der Waals surface area (Å²) in [5.74, 6) is -0.792. The molecule has 7 nitrogen and oxygen atoms in total. The molecule has 1 unspecified atom stereocenters. The minimum atomic E-state index is -3.89. The topological polar surface area (TPSA) is 86.8 Å². The number of hydrogen-bond donors (Lipinski definition) is 1. The van der Waals surface area contributed by atoms with Gasteiger partial charge in [0.1, 0.15) is 12.6 Å². The smallest absolute Gasteiger partial charge is 0.244 e. The van der Waals surface area contributed by atoms with Gasteiger partial charge in [0.15, 0.2) is 0 Å². The van der Waals surface area contributed by atoms with Gasteiger partial charge in [-0.3, -0.25) is 13.9 Å². The number of carbonyl (C=O) groups is 2. The lowest BCUT2D eigenvalue weighted by Gasteiger charge is -2.33. The first-order chi connectivity index (χ1) is 16.5. The van der Waals surface area contributed by atoms with E-state index in [1.165, 1.54) is 17.0 Å². The van der Waals surface area contributed by atoms with Gasteiger partial charge in [0, 0.05) is 13.1 Å². The highest BCUT2D eigenvalue weighted by Crippen LogP contribution is 2.33. The molecule has 0 spiro atoms. The molecule has 2 aromatic rings. The van der Waals surface area contributed by atoms with Crippen molar-refractivity contribution in [3.8, 4) is 0 Å². The van der Waals surface area contributed by atoms with E-state index in [9.17, 15) is 18.0 Å². The molecule has 0 aliphatic rings. The maximum atomic E-state index is 13.7. The molecular formula is C25H33Cl2N3O4S. The number of hydrogen-bond acceptors (Lipinski definition) is 4. The van der Waals surface area contributed by atoms with Crippen LogP contribution >= 0.6 is 23.2 Å². The maximum absolute atomic E-state index is 13.7. The van der Waals surface area contributed by atoms with Crippen LogP contribution in [-0.2, 0) is 26.2 Å². The fourth-order valence-corrected chi connectivity index (χ4v) is 5.01. The highest BCUT2D eigenvalue weighted by molar-refractivity contribution is 7.92. The number of nitrogens with one attached hydrogen (secondary N) is 1. The number of sulfonamides is 1.